The molecule has 0 amide bonds. The van der Waals surface area contributed by atoms with Gasteiger partial charge in [-0.25, -0.2) is 0 Å². The Hall–Kier alpha value is 0.318. The summed E-state index contributed by atoms with van der Waals surface area (Å²) in [6.45, 7) is 4.22. The Kier molecular flexibility index (Phi) is 6.89. The number of rotatable bonds is 2. The minimum absolute atomic E-state index is 0. The Labute approximate surface area is 103 Å². The SMILES string of the molecule is CC1[C-]=C(N=[C-]CBr)C(C)C=C1.[W+2]. The van der Waals surface area contributed by atoms with Crippen LogP contribution < -0.4 is 0 Å². The molecule has 0 fully saturated rings. The molecule has 0 aliphatic heterocycles. The van der Waals surface area contributed by atoms with Gasteiger partial charge in [0.1, 0.15) is 0 Å². The van der Waals surface area contributed by atoms with Crippen LogP contribution in [0.5, 0.6) is 0 Å². The smallest absolute Gasteiger partial charge is 0.573 e. The van der Waals surface area contributed by atoms with Crippen LogP contribution in [0.3, 0.4) is 0 Å². The normalized spacial score (nSPS) is 27.2. The fourth-order valence-electron chi connectivity index (χ4n) is 1.09. The molecule has 1 aliphatic rings. The monoisotopic (exact) mass is 409 g/mol. The molecule has 2 atom stereocenters. The van der Waals surface area contributed by atoms with E-state index in [2.05, 4.69) is 59.2 Å². The van der Waals surface area contributed by atoms with Crippen molar-refractivity contribution in [2.45, 2.75) is 13.8 Å². The molecule has 0 saturated carbocycles. The van der Waals surface area contributed by atoms with Crippen LogP contribution in [-0.2, 0) is 21.1 Å². The van der Waals surface area contributed by atoms with Gasteiger partial charge in [-0.15, -0.1) is 28.1 Å². The van der Waals surface area contributed by atoms with Gasteiger partial charge in [0, 0.05) is 0 Å². The van der Waals surface area contributed by atoms with E-state index < -0.39 is 0 Å². The van der Waals surface area contributed by atoms with Gasteiger partial charge in [-0.1, -0.05) is 19.8 Å². The van der Waals surface area contributed by atoms with E-state index in [0.717, 1.165) is 5.70 Å². The summed E-state index contributed by atoms with van der Waals surface area (Å²) in [6, 6.07) is 0. The van der Waals surface area contributed by atoms with Crippen LogP contribution in [0.1, 0.15) is 13.8 Å². The molecule has 0 saturated heterocycles. The maximum Gasteiger partial charge on any atom is 2.00 e. The summed E-state index contributed by atoms with van der Waals surface area (Å²) in [6.07, 6.45) is 10.5. The van der Waals surface area contributed by atoms with Crippen molar-refractivity contribution >= 4 is 22.1 Å². The number of hydrogen-bond donors (Lipinski definition) is 0. The first-order valence-electron chi connectivity index (χ1n) is 4.05. The van der Waals surface area contributed by atoms with Crippen molar-refractivity contribution in [3.63, 3.8) is 0 Å². The zero-order valence-corrected chi connectivity index (χ0v) is 12.3. The fourth-order valence-corrected chi connectivity index (χ4v) is 1.21. The van der Waals surface area contributed by atoms with E-state index in [0.29, 0.717) is 17.2 Å². The molecule has 1 rings (SSSR count). The van der Waals surface area contributed by atoms with Crippen molar-refractivity contribution in [2.24, 2.45) is 16.8 Å². The van der Waals surface area contributed by atoms with Crippen molar-refractivity contribution in [1.82, 2.24) is 0 Å². The third-order valence-electron chi connectivity index (χ3n) is 1.75. The number of allylic oxidation sites excluding steroid dienone is 3. The molecule has 1 nitrogen and oxygen atoms in total. The van der Waals surface area contributed by atoms with Crippen LogP contribution in [0.15, 0.2) is 22.8 Å². The van der Waals surface area contributed by atoms with E-state index in [1.807, 2.05) is 0 Å². The second-order valence-electron chi connectivity index (χ2n) is 2.90. The van der Waals surface area contributed by atoms with E-state index in [1.165, 1.54) is 0 Å². The van der Waals surface area contributed by atoms with Gasteiger partial charge in [0.15, 0.2) is 0 Å². The van der Waals surface area contributed by atoms with Gasteiger partial charge in [0.2, 0.25) is 0 Å². The van der Waals surface area contributed by atoms with Gasteiger partial charge >= 0.3 is 21.1 Å². The summed E-state index contributed by atoms with van der Waals surface area (Å²) in [7, 11) is 0. The number of aliphatic imine (C=N–C) groups is 1. The molecular weight excluding hydrogens is 398 g/mol. The van der Waals surface area contributed by atoms with Crippen molar-refractivity contribution < 1.29 is 21.1 Å². The van der Waals surface area contributed by atoms with Crippen LogP contribution in [0.2, 0.25) is 0 Å². The Morgan fingerprint density at radius 2 is 2.23 bits per heavy atom. The summed E-state index contributed by atoms with van der Waals surface area (Å²) >= 11 is 3.25. The summed E-state index contributed by atoms with van der Waals surface area (Å²) < 4.78 is 0. The quantitative estimate of drug-likeness (QED) is 0.288. The molecule has 13 heavy (non-hydrogen) atoms. The summed E-state index contributed by atoms with van der Waals surface area (Å²) in [5.74, 6) is 0.768. The molecule has 0 aromatic rings. The van der Waals surface area contributed by atoms with Gasteiger partial charge in [0.25, 0.3) is 0 Å². The second-order valence-corrected chi connectivity index (χ2v) is 3.46. The summed E-state index contributed by atoms with van der Waals surface area (Å²) in [4.78, 5) is 4.19. The Morgan fingerprint density at radius 3 is 2.85 bits per heavy atom. The Balaban J connectivity index is 0.00000144. The number of nitrogens with zero attached hydrogens (tertiary/aromatic N) is 1. The molecule has 2 unspecified atom stereocenters. The van der Waals surface area contributed by atoms with Crippen LogP contribution in [0, 0.1) is 17.9 Å². The standard InChI is InChI=1S/C10H12BrN.W/c1-8-3-4-9(2)10(7-8)12-6-5-11;/h3-4,8-9H,5H2,1-2H3;/q-2;+2. The van der Waals surface area contributed by atoms with Crippen LogP contribution >= 0.6 is 15.9 Å². The Morgan fingerprint density at radius 1 is 1.54 bits per heavy atom. The molecule has 3 heteroatoms. The average molecular weight is 410 g/mol. The minimum atomic E-state index is 0. The first-order valence-corrected chi connectivity index (χ1v) is 5.17. The van der Waals surface area contributed by atoms with E-state index in [9.17, 15) is 0 Å². The first kappa shape index (κ1) is 13.3. The zero-order valence-electron chi connectivity index (χ0n) is 7.75. The van der Waals surface area contributed by atoms with Crippen molar-refractivity contribution in [3.8, 4) is 0 Å². The summed E-state index contributed by atoms with van der Waals surface area (Å²) in [5, 5.41) is 0.684. The molecule has 0 bridgehead atoms. The molecule has 0 spiro atoms. The number of alkyl halides is 1. The third kappa shape index (κ3) is 4.37. The molecule has 0 heterocycles. The molecular formula is C10H12BrNW. The molecule has 0 aromatic carbocycles. The maximum absolute atomic E-state index is 4.19. The molecule has 0 N–H and O–H groups in total. The van der Waals surface area contributed by atoms with E-state index in [4.69, 9.17) is 0 Å². The molecule has 0 aromatic heterocycles. The molecule has 0 radical (unpaired) electrons. The topological polar surface area (TPSA) is 12.4 Å². The van der Waals surface area contributed by atoms with Gasteiger partial charge in [-0.3, -0.25) is 5.70 Å². The van der Waals surface area contributed by atoms with Crippen LogP contribution in [0.25, 0.3) is 0 Å². The van der Waals surface area contributed by atoms with Crippen molar-refractivity contribution in [3.05, 3.63) is 23.9 Å². The van der Waals surface area contributed by atoms with E-state index >= 15 is 0 Å². The molecule has 1 aliphatic carbocycles. The summed E-state index contributed by atoms with van der Waals surface area (Å²) in [5.41, 5.74) is 1.00. The van der Waals surface area contributed by atoms with E-state index in [1.54, 1.807) is 0 Å². The van der Waals surface area contributed by atoms with Crippen LogP contribution in [0.4, 0.5) is 0 Å². The third-order valence-corrected chi connectivity index (χ3v) is 2.01. The van der Waals surface area contributed by atoms with E-state index in [-0.39, 0.29) is 21.1 Å². The minimum Gasteiger partial charge on any atom is -0.573 e. The van der Waals surface area contributed by atoms with Gasteiger partial charge in [-0.2, -0.15) is 12.1 Å². The fraction of sp³-hybridized carbons (Fsp3) is 0.500. The van der Waals surface area contributed by atoms with Crippen LogP contribution in [-0.4, -0.2) is 11.5 Å². The maximum atomic E-state index is 4.19. The van der Waals surface area contributed by atoms with Gasteiger partial charge < -0.3 is 11.1 Å². The Bertz CT molecular complexity index is 233. The predicted molar refractivity (Wildman–Crippen MR) is 55.5 cm³/mol. The predicted octanol–water partition coefficient (Wildman–Crippen LogP) is 2.86. The van der Waals surface area contributed by atoms with Crippen molar-refractivity contribution in [2.75, 3.05) is 5.33 Å². The average Bonchev–Trinajstić information content (AvgIpc) is 2.07. The van der Waals surface area contributed by atoms with Gasteiger partial charge in [-0.05, 0) is 5.33 Å². The van der Waals surface area contributed by atoms with Crippen molar-refractivity contribution in [1.29, 1.82) is 0 Å². The van der Waals surface area contributed by atoms with Gasteiger partial charge in [0.05, 0.1) is 0 Å². The number of halogens is 1. The zero-order chi connectivity index (χ0) is 8.97. The first-order chi connectivity index (χ1) is 5.74. The largest absolute Gasteiger partial charge is 2.00 e. The second kappa shape index (κ2) is 6.73. The number of hydrogen-bond acceptors (Lipinski definition) is 1. The molecule has 70 valence electrons.